The molecule has 0 aromatic rings. The van der Waals surface area contributed by atoms with Crippen LogP contribution in [0.3, 0.4) is 0 Å². The molecule has 0 aliphatic carbocycles. The van der Waals surface area contributed by atoms with Gasteiger partial charge in [-0.25, -0.2) is 4.57 Å². The summed E-state index contributed by atoms with van der Waals surface area (Å²) in [6, 6.07) is 0. The largest absolute Gasteiger partial charge is 0.592 e. The zero-order valence-electron chi connectivity index (χ0n) is 18.8. The predicted molar refractivity (Wildman–Crippen MR) is 122 cm³/mol. The van der Waals surface area contributed by atoms with E-state index < -0.39 is 26.5 Å². The van der Waals surface area contributed by atoms with E-state index in [1.54, 1.807) is 12.2 Å². The Bertz CT molecular complexity index is 511. The molecule has 0 aromatic carbocycles. The van der Waals surface area contributed by atoms with E-state index in [9.17, 15) is 14.0 Å². The van der Waals surface area contributed by atoms with E-state index in [-0.39, 0.29) is 13.2 Å². The molecule has 0 rings (SSSR count). The summed E-state index contributed by atoms with van der Waals surface area (Å²) >= 11 is 0. The third-order valence-electron chi connectivity index (χ3n) is 4.66. The Morgan fingerprint density at radius 1 is 0.933 bits per heavy atom. The molecule has 0 fully saturated rings. The van der Waals surface area contributed by atoms with Crippen molar-refractivity contribution in [1.29, 1.82) is 0 Å². The SMILES string of the molecule is C=CCOCC(CC)(COCC=C)COCP(=O)(O)[P+](=O)OCCCCCCCC. The molecule has 7 nitrogen and oxygen atoms in total. The molecule has 2 unspecified atom stereocenters. The fourth-order valence-corrected chi connectivity index (χ4v) is 4.90. The smallest absolute Gasteiger partial charge is 0.377 e. The van der Waals surface area contributed by atoms with Gasteiger partial charge in [-0.1, -0.05) is 58.1 Å². The second-order valence-corrected chi connectivity index (χ2v) is 12.6. The van der Waals surface area contributed by atoms with Crippen LogP contribution in [0, 0.1) is 5.41 Å². The quantitative estimate of drug-likeness (QED) is 0.117. The number of hydrogen-bond acceptors (Lipinski definition) is 6. The Morgan fingerprint density at radius 3 is 2.00 bits per heavy atom. The Morgan fingerprint density at radius 2 is 1.47 bits per heavy atom. The summed E-state index contributed by atoms with van der Waals surface area (Å²) in [6.45, 7) is 13.2. The molecule has 2 atom stereocenters. The Labute approximate surface area is 183 Å². The molecule has 0 heterocycles. The highest BCUT2D eigenvalue weighted by atomic mass is 32.1. The van der Waals surface area contributed by atoms with Crippen LogP contribution >= 0.6 is 14.8 Å². The number of ether oxygens (including phenoxy) is 3. The molecular formula is C21H41O7P2+. The maximum absolute atomic E-state index is 12.3. The zero-order valence-corrected chi connectivity index (χ0v) is 20.5. The fourth-order valence-electron chi connectivity index (χ4n) is 2.69. The molecule has 0 aliphatic rings. The van der Waals surface area contributed by atoms with Crippen LogP contribution in [0.2, 0.25) is 0 Å². The van der Waals surface area contributed by atoms with Crippen LogP contribution in [-0.4, -0.2) is 50.9 Å². The van der Waals surface area contributed by atoms with Gasteiger partial charge < -0.3 is 19.1 Å². The van der Waals surface area contributed by atoms with Gasteiger partial charge in [-0.15, -0.1) is 17.7 Å². The average Bonchev–Trinajstić information content (AvgIpc) is 2.72. The monoisotopic (exact) mass is 467 g/mol. The standard InChI is InChI=1S/C21H40O7P2/c1-5-9-10-11-12-13-16-28-29(22)30(23,24)20-27-19-21(8-4,17-25-14-6-2)18-26-15-7-3/h6-7H,2-3,5,8-20H2,1,4H3/p+1. The first-order valence-corrected chi connectivity index (χ1v) is 14.5. The summed E-state index contributed by atoms with van der Waals surface area (Å²) < 4.78 is 46.3. The van der Waals surface area contributed by atoms with Crippen molar-refractivity contribution in [1.82, 2.24) is 0 Å². The fraction of sp³-hybridized carbons (Fsp3) is 0.810. The van der Waals surface area contributed by atoms with E-state index in [1.165, 1.54) is 19.3 Å². The maximum atomic E-state index is 12.3. The normalized spacial score (nSPS) is 14.3. The van der Waals surface area contributed by atoms with Gasteiger partial charge in [0.15, 0.2) is 6.35 Å². The number of rotatable bonds is 22. The molecule has 0 radical (unpaired) electrons. The second kappa shape index (κ2) is 18.2. The average molecular weight is 468 g/mol. The van der Waals surface area contributed by atoms with Gasteiger partial charge in [-0.2, -0.15) is 0 Å². The Kier molecular flexibility index (Phi) is 18.0. The Balaban J connectivity index is 4.47. The lowest BCUT2D eigenvalue weighted by Gasteiger charge is -2.31. The summed E-state index contributed by atoms with van der Waals surface area (Å²) in [5.41, 5.74) is -0.489. The molecule has 0 amide bonds. The van der Waals surface area contributed by atoms with Crippen molar-refractivity contribution in [2.45, 2.75) is 58.8 Å². The Hall–Kier alpha value is -0.390. The highest BCUT2D eigenvalue weighted by molar-refractivity contribution is 8.22. The molecule has 0 saturated heterocycles. The minimum absolute atomic E-state index is 0.142. The van der Waals surface area contributed by atoms with Gasteiger partial charge in [-0.3, -0.25) is 0 Å². The molecular weight excluding hydrogens is 426 g/mol. The molecule has 9 heteroatoms. The van der Waals surface area contributed by atoms with Gasteiger partial charge in [0.2, 0.25) is 0 Å². The van der Waals surface area contributed by atoms with E-state index in [2.05, 4.69) is 20.1 Å². The first-order chi connectivity index (χ1) is 14.4. The van der Waals surface area contributed by atoms with Crippen molar-refractivity contribution < 1.29 is 32.8 Å². The second-order valence-electron chi connectivity index (χ2n) is 7.44. The topological polar surface area (TPSA) is 91.3 Å². The minimum atomic E-state index is -4.06. The lowest BCUT2D eigenvalue weighted by Crippen LogP contribution is -2.37. The molecule has 1 N–H and O–H groups in total. The van der Waals surface area contributed by atoms with Gasteiger partial charge in [0, 0.05) is 5.41 Å². The van der Waals surface area contributed by atoms with Crippen LogP contribution in [0.25, 0.3) is 0 Å². The van der Waals surface area contributed by atoms with Gasteiger partial charge in [0.25, 0.3) is 0 Å². The highest BCUT2D eigenvalue weighted by Crippen LogP contribution is 2.65. The van der Waals surface area contributed by atoms with Crippen LogP contribution < -0.4 is 0 Å². The third-order valence-corrected chi connectivity index (χ3v) is 8.32. The van der Waals surface area contributed by atoms with E-state index in [0.29, 0.717) is 32.8 Å². The van der Waals surface area contributed by atoms with Crippen molar-refractivity contribution in [3.8, 4) is 0 Å². The third kappa shape index (κ3) is 13.8. The first kappa shape index (κ1) is 29.6. The van der Waals surface area contributed by atoms with Crippen LogP contribution in [0.15, 0.2) is 25.3 Å². The molecule has 30 heavy (non-hydrogen) atoms. The summed E-state index contributed by atoms with van der Waals surface area (Å²) in [4.78, 5) is 10.1. The first-order valence-electron chi connectivity index (χ1n) is 10.7. The van der Waals surface area contributed by atoms with E-state index in [0.717, 1.165) is 19.3 Å². The lowest BCUT2D eigenvalue weighted by atomic mass is 9.88. The molecule has 0 aliphatic heterocycles. The highest BCUT2D eigenvalue weighted by Gasteiger charge is 2.46. The summed E-state index contributed by atoms with van der Waals surface area (Å²) in [5, 5.41) is 0. The molecule has 0 spiro atoms. The van der Waals surface area contributed by atoms with Crippen LogP contribution in [0.1, 0.15) is 58.8 Å². The summed E-state index contributed by atoms with van der Waals surface area (Å²) in [5.74, 6) is 0. The van der Waals surface area contributed by atoms with Crippen LogP contribution in [-0.2, 0) is 27.9 Å². The van der Waals surface area contributed by atoms with Crippen LogP contribution in [0.4, 0.5) is 0 Å². The van der Waals surface area contributed by atoms with Crippen molar-refractivity contribution in [2.24, 2.45) is 5.41 Å². The maximum Gasteiger partial charge on any atom is 0.592 e. The molecule has 0 aromatic heterocycles. The van der Waals surface area contributed by atoms with E-state index in [1.807, 2.05) is 6.92 Å². The van der Waals surface area contributed by atoms with Crippen molar-refractivity contribution in [2.75, 3.05) is 46.0 Å². The van der Waals surface area contributed by atoms with Gasteiger partial charge >= 0.3 is 14.8 Å². The van der Waals surface area contributed by atoms with E-state index in [4.69, 9.17) is 18.7 Å². The summed E-state index contributed by atoms with van der Waals surface area (Å²) in [6.07, 6.45) is 9.79. The zero-order chi connectivity index (χ0) is 22.7. The van der Waals surface area contributed by atoms with Crippen molar-refractivity contribution >= 4 is 14.8 Å². The molecule has 176 valence electrons. The minimum Gasteiger partial charge on any atom is -0.377 e. The molecule has 0 saturated carbocycles. The van der Waals surface area contributed by atoms with Gasteiger partial charge in [0.05, 0.1) is 33.0 Å². The number of hydrogen-bond donors (Lipinski definition) is 1. The number of unbranched alkanes of at least 4 members (excludes halogenated alkanes) is 5. The van der Waals surface area contributed by atoms with Gasteiger partial charge in [0.1, 0.15) is 6.61 Å². The van der Waals surface area contributed by atoms with Crippen molar-refractivity contribution in [3.63, 3.8) is 0 Å². The molecule has 0 bridgehead atoms. The summed E-state index contributed by atoms with van der Waals surface area (Å²) in [7, 11) is -6.74. The predicted octanol–water partition coefficient (Wildman–Crippen LogP) is 6.07. The van der Waals surface area contributed by atoms with E-state index >= 15 is 0 Å². The van der Waals surface area contributed by atoms with Gasteiger partial charge in [-0.05, 0) is 17.4 Å². The lowest BCUT2D eigenvalue weighted by molar-refractivity contribution is -0.0567. The van der Waals surface area contributed by atoms with Crippen LogP contribution in [0.5, 0.6) is 0 Å². The van der Waals surface area contributed by atoms with Crippen molar-refractivity contribution in [3.05, 3.63) is 25.3 Å².